The van der Waals surface area contributed by atoms with Gasteiger partial charge in [0.2, 0.25) is 5.91 Å². The summed E-state index contributed by atoms with van der Waals surface area (Å²) in [4.78, 5) is 12.2. The van der Waals surface area contributed by atoms with Crippen LogP contribution < -0.4 is 10.7 Å². The van der Waals surface area contributed by atoms with E-state index in [0.29, 0.717) is 12.3 Å². The van der Waals surface area contributed by atoms with Crippen LogP contribution in [0.4, 0.5) is 5.69 Å². The highest BCUT2D eigenvalue weighted by atomic mass is 32.2. The van der Waals surface area contributed by atoms with Gasteiger partial charge in [-0.1, -0.05) is 78.9 Å². The molecule has 3 aromatic rings. The molecule has 3 rings (SSSR count). The molecule has 0 saturated carbocycles. The van der Waals surface area contributed by atoms with Crippen LogP contribution in [0.15, 0.2) is 96.1 Å². The molecule has 0 radical (unpaired) electrons. The fraction of sp³-hybridized carbons (Fsp3) is 0.130. The van der Waals surface area contributed by atoms with Crippen LogP contribution >= 0.6 is 11.8 Å². The van der Waals surface area contributed by atoms with Gasteiger partial charge in [-0.2, -0.15) is 5.10 Å². The fourth-order valence-electron chi connectivity index (χ4n) is 2.55. The molecule has 3 aromatic carbocycles. The molecular formula is C23H23N3OS. The van der Waals surface area contributed by atoms with Gasteiger partial charge < -0.3 is 5.32 Å². The van der Waals surface area contributed by atoms with Gasteiger partial charge in [-0.05, 0) is 23.3 Å². The van der Waals surface area contributed by atoms with E-state index >= 15 is 0 Å². The lowest BCUT2D eigenvalue weighted by Gasteiger charge is -2.10. The molecule has 0 saturated heterocycles. The Kier molecular flexibility index (Phi) is 7.70. The number of carbonyl (C=O) groups is 1. The lowest BCUT2D eigenvalue weighted by molar-refractivity contribution is -0.118. The Morgan fingerprint density at radius 1 is 0.821 bits per heavy atom. The molecule has 0 aliphatic rings. The predicted octanol–water partition coefficient (Wildman–Crippen LogP) is 4.55. The maximum atomic E-state index is 12.2. The van der Waals surface area contributed by atoms with Gasteiger partial charge in [0.05, 0.1) is 23.7 Å². The molecule has 0 fully saturated rings. The summed E-state index contributed by atoms with van der Waals surface area (Å²) >= 11 is 1.60. The highest BCUT2D eigenvalue weighted by Crippen LogP contribution is 2.11. The maximum absolute atomic E-state index is 12.2. The summed E-state index contributed by atoms with van der Waals surface area (Å²) in [6.45, 7) is 0.370. The topological polar surface area (TPSA) is 53.5 Å². The highest BCUT2D eigenvalue weighted by molar-refractivity contribution is 7.99. The molecule has 5 heteroatoms. The van der Waals surface area contributed by atoms with Gasteiger partial charge in [-0.3, -0.25) is 10.2 Å². The Morgan fingerprint density at radius 2 is 1.43 bits per heavy atom. The number of benzene rings is 3. The number of amides is 1. The third kappa shape index (κ3) is 6.59. The molecule has 0 aromatic heterocycles. The van der Waals surface area contributed by atoms with Crippen LogP contribution in [0.5, 0.6) is 0 Å². The van der Waals surface area contributed by atoms with Crippen molar-refractivity contribution in [2.24, 2.45) is 5.10 Å². The molecule has 28 heavy (non-hydrogen) atoms. The van der Waals surface area contributed by atoms with Crippen LogP contribution in [0.1, 0.15) is 11.1 Å². The van der Waals surface area contributed by atoms with Gasteiger partial charge in [0.25, 0.3) is 0 Å². The van der Waals surface area contributed by atoms with E-state index in [1.807, 2.05) is 78.9 Å². The first-order chi connectivity index (χ1) is 13.8. The summed E-state index contributed by atoms with van der Waals surface area (Å²) in [7, 11) is 0. The minimum absolute atomic E-state index is 0.00396. The minimum atomic E-state index is 0.00396. The average molecular weight is 390 g/mol. The summed E-state index contributed by atoms with van der Waals surface area (Å²) in [5.74, 6) is 1.25. The highest BCUT2D eigenvalue weighted by Gasteiger charge is 2.07. The van der Waals surface area contributed by atoms with Crippen LogP contribution in [0, 0.1) is 0 Å². The molecule has 4 nitrogen and oxygen atoms in total. The number of rotatable bonds is 9. The molecule has 0 aliphatic heterocycles. The number of hydrogen-bond donors (Lipinski definition) is 2. The Labute approximate surface area is 170 Å². The number of nitrogens with zero attached hydrogens (tertiary/aromatic N) is 1. The van der Waals surface area contributed by atoms with E-state index in [2.05, 4.69) is 28.0 Å². The van der Waals surface area contributed by atoms with Crippen molar-refractivity contribution in [3.63, 3.8) is 0 Å². The summed E-state index contributed by atoms with van der Waals surface area (Å²) in [5, 5.41) is 7.48. The van der Waals surface area contributed by atoms with Gasteiger partial charge in [0, 0.05) is 5.75 Å². The summed E-state index contributed by atoms with van der Waals surface area (Å²) < 4.78 is 0. The first kappa shape index (κ1) is 19.7. The summed E-state index contributed by atoms with van der Waals surface area (Å²) in [6, 6.07) is 29.8. The van der Waals surface area contributed by atoms with E-state index in [1.54, 1.807) is 11.8 Å². The average Bonchev–Trinajstić information content (AvgIpc) is 2.76. The van der Waals surface area contributed by atoms with Gasteiger partial charge in [0.15, 0.2) is 0 Å². The summed E-state index contributed by atoms with van der Waals surface area (Å²) in [5.41, 5.74) is 6.95. The Bertz CT molecular complexity index is 883. The Balaban J connectivity index is 1.54. The lowest BCUT2D eigenvalue weighted by atomic mass is 10.1. The van der Waals surface area contributed by atoms with Crippen molar-refractivity contribution >= 4 is 29.1 Å². The van der Waals surface area contributed by atoms with E-state index in [-0.39, 0.29) is 5.91 Å². The Morgan fingerprint density at radius 3 is 2.11 bits per heavy atom. The van der Waals surface area contributed by atoms with E-state index in [0.717, 1.165) is 22.7 Å². The van der Waals surface area contributed by atoms with E-state index in [9.17, 15) is 4.79 Å². The van der Waals surface area contributed by atoms with Gasteiger partial charge >= 0.3 is 0 Å². The number of thioether (sulfide) groups is 1. The monoisotopic (exact) mass is 389 g/mol. The molecule has 0 heterocycles. The Hall–Kier alpha value is -3.05. The van der Waals surface area contributed by atoms with Gasteiger partial charge in [0.1, 0.15) is 0 Å². The second-order valence-electron chi connectivity index (χ2n) is 6.16. The largest absolute Gasteiger partial charge is 0.350 e. The van der Waals surface area contributed by atoms with Crippen molar-refractivity contribution in [3.05, 3.63) is 102 Å². The molecule has 0 spiro atoms. The second kappa shape index (κ2) is 10.9. The van der Waals surface area contributed by atoms with Crippen molar-refractivity contribution in [1.82, 2.24) is 5.32 Å². The zero-order valence-corrected chi connectivity index (χ0v) is 16.4. The van der Waals surface area contributed by atoms with E-state index < -0.39 is 0 Å². The molecule has 1 amide bonds. The smallest absolute Gasteiger partial charge is 0.230 e. The van der Waals surface area contributed by atoms with E-state index in [4.69, 9.17) is 0 Å². The van der Waals surface area contributed by atoms with Crippen molar-refractivity contribution in [2.75, 3.05) is 17.7 Å². The molecule has 0 unspecified atom stereocenters. The normalized spacial score (nSPS) is 11.1. The molecule has 2 N–H and O–H groups in total. The maximum Gasteiger partial charge on any atom is 0.230 e. The van der Waals surface area contributed by atoms with Crippen LogP contribution in [0.2, 0.25) is 0 Å². The predicted molar refractivity (Wildman–Crippen MR) is 119 cm³/mol. The van der Waals surface area contributed by atoms with Crippen molar-refractivity contribution in [3.8, 4) is 0 Å². The van der Waals surface area contributed by atoms with E-state index in [1.165, 1.54) is 5.56 Å². The number of carbonyl (C=O) groups excluding carboxylic acids is 1. The SMILES string of the molecule is O=C(CSCc1ccccc1)NC/C(=N\Nc1ccccc1)c1ccccc1. The second-order valence-corrected chi connectivity index (χ2v) is 7.14. The molecule has 0 atom stereocenters. The van der Waals surface area contributed by atoms with Crippen molar-refractivity contribution in [2.45, 2.75) is 5.75 Å². The molecular weight excluding hydrogens is 366 g/mol. The molecule has 0 bridgehead atoms. The number of nitrogens with one attached hydrogen (secondary N) is 2. The summed E-state index contributed by atoms with van der Waals surface area (Å²) in [6.07, 6.45) is 0. The third-order valence-electron chi connectivity index (χ3n) is 4.00. The fourth-order valence-corrected chi connectivity index (χ4v) is 3.37. The first-order valence-electron chi connectivity index (χ1n) is 9.12. The standard InChI is InChI=1S/C23H23N3OS/c27-23(18-28-17-19-10-4-1-5-11-19)24-16-22(20-12-6-2-7-13-20)26-25-21-14-8-3-9-15-21/h1-15,25H,16-18H2,(H,24,27)/b26-22+. The first-order valence-corrected chi connectivity index (χ1v) is 10.3. The zero-order valence-electron chi connectivity index (χ0n) is 15.5. The zero-order chi connectivity index (χ0) is 19.4. The van der Waals surface area contributed by atoms with Gasteiger partial charge in [-0.25, -0.2) is 0 Å². The molecule has 0 aliphatic carbocycles. The van der Waals surface area contributed by atoms with Crippen molar-refractivity contribution in [1.29, 1.82) is 0 Å². The third-order valence-corrected chi connectivity index (χ3v) is 5.00. The number of hydrazone groups is 1. The number of para-hydroxylation sites is 1. The van der Waals surface area contributed by atoms with Crippen LogP contribution in [0.3, 0.4) is 0 Å². The van der Waals surface area contributed by atoms with Crippen LogP contribution in [0.25, 0.3) is 0 Å². The number of anilines is 1. The van der Waals surface area contributed by atoms with Gasteiger partial charge in [-0.15, -0.1) is 11.8 Å². The quantitative estimate of drug-likeness (QED) is 0.417. The van der Waals surface area contributed by atoms with Crippen LogP contribution in [-0.2, 0) is 10.5 Å². The van der Waals surface area contributed by atoms with Crippen LogP contribution in [-0.4, -0.2) is 23.9 Å². The van der Waals surface area contributed by atoms with Crippen molar-refractivity contribution < 1.29 is 4.79 Å². The minimum Gasteiger partial charge on any atom is -0.350 e. The lowest BCUT2D eigenvalue weighted by Crippen LogP contribution is -2.31. The number of hydrogen-bond acceptors (Lipinski definition) is 4. The molecule has 142 valence electrons.